The zero-order valence-corrected chi connectivity index (χ0v) is 13.8. The van der Waals surface area contributed by atoms with Crippen LogP contribution in [-0.2, 0) is 0 Å². The summed E-state index contributed by atoms with van der Waals surface area (Å²) < 4.78 is 0. The third-order valence-electron chi connectivity index (χ3n) is 6.92. The predicted molar refractivity (Wildman–Crippen MR) is 87.5 cm³/mol. The standard InChI is InChI=1S/C18H33N3/c1-14-11-19-17(15-5-3-2-4-6-15)12-21(14)18-13-20-9-7-16(18)8-10-20/h14-19H,2-13H2,1H3. The molecule has 4 saturated heterocycles. The molecule has 21 heavy (non-hydrogen) atoms. The maximum absolute atomic E-state index is 3.90. The van der Waals surface area contributed by atoms with Gasteiger partial charge < -0.3 is 10.2 Å². The van der Waals surface area contributed by atoms with Crippen LogP contribution in [0.5, 0.6) is 0 Å². The predicted octanol–water partition coefficient (Wildman–Crippen LogP) is 2.32. The number of rotatable bonds is 2. The van der Waals surface area contributed by atoms with Crippen LogP contribution >= 0.6 is 0 Å². The zero-order chi connectivity index (χ0) is 14.2. The van der Waals surface area contributed by atoms with Gasteiger partial charge in [-0.1, -0.05) is 19.3 Å². The smallest absolute Gasteiger partial charge is 0.0256 e. The summed E-state index contributed by atoms with van der Waals surface area (Å²) in [7, 11) is 0. The minimum atomic E-state index is 0.732. The van der Waals surface area contributed by atoms with Crippen molar-refractivity contribution < 1.29 is 0 Å². The van der Waals surface area contributed by atoms with Crippen LogP contribution in [0.3, 0.4) is 0 Å². The first-order valence-electron chi connectivity index (χ1n) is 9.53. The Bertz CT molecular complexity index is 344. The molecule has 0 aromatic rings. The normalized spacial score (nSPS) is 45.9. The van der Waals surface area contributed by atoms with Gasteiger partial charge in [0.1, 0.15) is 0 Å². The van der Waals surface area contributed by atoms with Gasteiger partial charge in [-0.2, -0.15) is 0 Å². The topological polar surface area (TPSA) is 18.5 Å². The molecule has 0 radical (unpaired) electrons. The van der Waals surface area contributed by atoms with Gasteiger partial charge in [-0.25, -0.2) is 0 Å². The number of fused-ring (bicyclic) bond motifs is 3. The van der Waals surface area contributed by atoms with Crippen molar-refractivity contribution in [2.24, 2.45) is 11.8 Å². The fraction of sp³-hybridized carbons (Fsp3) is 1.00. The lowest BCUT2D eigenvalue weighted by molar-refractivity contribution is -0.0326. The molecule has 120 valence electrons. The van der Waals surface area contributed by atoms with Crippen LogP contribution in [0.2, 0.25) is 0 Å². The van der Waals surface area contributed by atoms with E-state index in [2.05, 4.69) is 22.0 Å². The van der Waals surface area contributed by atoms with Crippen molar-refractivity contribution in [1.82, 2.24) is 15.1 Å². The molecule has 3 atom stereocenters. The summed E-state index contributed by atoms with van der Waals surface area (Å²) in [5.74, 6) is 1.94. The third kappa shape index (κ3) is 2.89. The average molecular weight is 291 g/mol. The molecule has 1 saturated carbocycles. The summed E-state index contributed by atoms with van der Waals surface area (Å²) >= 11 is 0. The lowest BCUT2D eigenvalue weighted by atomic mass is 9.79. The maximum Gasteiger partial charge on any atom is 0.0256 e. The summed E-state index contributed by atoms with van der Waals surface area (Å²) in [6.45, 7) is 9.07. The van der Waals surface area contributed by atoms with Gasteiger partial charge in [0, 0.05) is 37.8 Å². The molecule has 0 aromatic carbocycles. The van der Waals surface area contributed by atoms with Crippen LogP contribution in [0.15, 0.2) is 0 Å². The van der Waals surface area contributed by atoms with Gasteiger partial charge in [-0.3, -0.25) is 4.90 Å². The summed E-state index contributed by atoms with van der Waals surface area (Å²) in [4.78, 5) is 5.63. The first kappa shape index (κ1) is 14.5. The molecule has 2 bridgehead atoms. The second kappa shape index (κ2) is 6.17. The lowest BCUT2D eigenvalue weighted by Gasteiger charge is -2.54. The molecule has 5 fully saturated rings. The van der Waals surface area contributed by atoms with Gasteiger partial charge in [0.25, 0.3) is 0 Å². The van der Waals surface area contributed by atoms with Gasteiger partial charge in [-0.15, -0.1) is 0 Å². The number of nitrogens with zero attached hydrogens (tertiary/aromatic N) is 2. The van der Waals surface area contributed by atoms with E-state index in [1.807, 2.05) is 0 Å². The highest BCUT2D eigenvalue weighted by molar-refractivity contribution is 4.98. The van der Waals surface area contributed by atoms with E-state index in [9.17, 15) is 0 Å². The Balaban J connectivity index is 1.43. The summed E-state index contributed by atoms with van der Waals surface area (Å²) in [5, 5.41) is 3.90. The van der Waals surface area contributed by atoms with Crippen molar-refractivity contribution in [1.29, 1.82) is 0 Å². The monoisotopic (exact) mass is 291 g/mol. The van der Waals surface area contributed by atoms with Crippen molar-refractivity contribution in [3.63, 3.8) is 0 Å². The van der Waals surface area contributed by atoms with E-state index in [1.165, 1.54) is 77.7 Å². The van der Waals surface area contributed by atoms with Gasteiger partial charge in [0.05, 0.1) is 0 Å². The Morgan fingerprint density at radius 1 is 0.857 bits per heavy atom. The molecule has 3 heteroatoms. The summed E-state index contributed by atoms with van der Waals surface area (Å²) in [5.41, 5.74) is 0. The molecule has 3 nitrogen and oxygen atoms in total. The Morgan fingerprint density at radius 3 is 2.29 bits per heavy atom. The Morgan fingerprint density at radius 2 is 1.62 bits per heavy atom. The van der Waals surface area contributed by atoms with E-state index in [0.717, 1.165) is 30.0 Å². The van der Waals surface area contributed by atoms with Crippen LogP contribution in [0.25, 0.3) is 0 Å². The molecule has 0 amide bonds. The molecule has 4 aliphatic heterocycles. The first-order valence-corrected chi connectivity index (χ1v) is 9.53. The molecular weight excluding hydrogens is 258 g/mol. The SMILES string of the molecule is CC1CNC(C2CCCCC2)CN1C1CN2CCC1CC2. The molecule has 5 rings (SSSR count). The minimum absolute atomic E-state index is 0.732. The van der Waals surface area contributed by atoms with Crippen molar-refractivity contribution in [2.75, 3.05) is 32.7 Å². The fourth-order valence-electron chi connectivity index (χ4n) is 5.53. The van der Waals surface area contributed by atoms with Crippen molar-refractivity contribution in [2.45, 2.75) is 70.0 Å². The van der Waals surface area contributed by atoms with Gasteiger partial charge in [0.2, 0.25) is 0 Å². The van der Waals surface area contributed by atoms with Crippen molar-refractivity contribution >= 4 is 0 Å². The van der Waals surface area contributed by atoms with E-state index in [1.54, 1.807) is 0 Å². The number of piperidine rings is 3. The number of hydrogen-bond donors (Lipinski definition) is 1. The van der Waals surface area contributed by atoms with E-state index in [0.29, 0.717) is 0 Å². The van der Waals surface area contributed by atoms with Crippen LogP contribution in [0, 0.1) is 11.8 Å². The van der Waals surface area contributed by atoms with E-state index in [4.69, 9.17) is 0 Å². The second-order valence-electron chi connectivity index (χ2n) is 8.16. The van der Waals surface area contributed by atoms with Crippen LogP contribution in [0.4, 0.5) is 0 Å². The van der Waals surface area contributed by atoms with Crippen molar-refractivity contribution in [3.05, 3.63) is 0 Å². The number of piperazine rings is 1. The Kier molecular flexibility index (Phi) is 4.25. The van der Waals surface area contributed by atoms with Gasteiger partial charge in [-0.05, 0) is 57.5 Å². The first-order chi connectivity index (χ1) is 10.3. The average Bonchev–Trinajstić information content (AvgIpc) is 2.57. The van der Waals surface area contributed by atoms with Gasteiger partial charge in [0.15, 0.2) is 0 Å². The number of nitrogens with one attached hydrogen (secondary N) is 1. The molecular formula is C18H33N3. The highest BCUT2D eigenvalue weighted by Gasteiger charge is 2.41. The van der Waals surface area contributed by atoms with Crippen LogP contribution in [-0.4, -0.2) is 60.6 Å². The quantitative estimate of drug-likeness (QED) is 0.842. The molecule has 0 aromatic heterocycles. The minimum Gasteiger partial charge on any atom is -0.311 e. The highest BCUT2D eigenvalue weighted by atomic mass is 15.3. The third-order valence-corrected chi connectivity index (χ3v) is 6.92. The zero-order valence-electron chi connectivity index (χ0n) is 13.8. The Hall–Kier alpha value is -0.120. The summed E-state index contributed by atoms with van der Waals surface area (Å²) in [6.07, 6.45) is 10.3. The highest BCUT2D eigenvalue weighted by Crippen LogP contribution is 2.34. The van der Waals surface area contributed by atoms with E-state index >= 15 is 0 Å². The molecule has 3 unspecified atom stereocenters. The van der Waals surface area contributed by atoms with Crippen molar-refractivity contribution in [3.8, 4) is 0 Å². The van der Waals surface area contributed by atoms with Crippen LogP contribution < -0.4 is 5.32 Å². The van der Waals surface area contributed by atoms with E-state index < -0.39 is 0 Å². The largest absolute Gasteiger partial charge is 0.311 e. The summed E-state index contributed by atoms with van der Waals surface area (Å²) in [6, 6.07) is 2.36. The molecule has 0 spiro atoms. The number of hydrogen-bond acceptors (Lipinski definition) is 3. The Labute approximate surface area is 130 Å². The molecule has 1 aliphatic carbocycles. The molecule has 5 aliphatic rings. The fourth-order valence-corrected chi connectivity index (χ4v) is 5.53. The van der Waals surface area contributed by atoms with Gasteiger partial charge >= 0.3 is 0 Å². The molecule has 1 N–H and O–H groups in total. The maximum atomic E-state index is 3.90. The lowest BCUT2D eigenvalue weighted by Crippen LogP contribution is -2.66. The molecule has 4 heterocycles. The van der Waals surface area contributed by atoms with Crippen LogP contribution in [0.1, 0.15) is 51.9 Å². The van der Waals surface area contributed by atoms with E-state index in [-0.39, 0.29) is 0 Å². The second-order valence-corrected chi connectivity index (χ2v) is 8.16.